The standard InChI is InChI=1S/C20H18F2N2O2/c1-11-8-15(22)9-16-18(26-3)10-17(24-19(11)16)20(25)23-12(2)13-4-6-14(21)7-5-13/h4-10,12H,1-3H3,(H,23,25)/t12-/m0/s1. The summed E-state index contributed by atoms with van der Waals surface area (Å²) < 4.78 is 32.0. The third-order valence-electron chi connectivity index (χ3n) is 4.20. The summed E-state index contributed by atoms with van der Waals surface area (Å²) in [6.45, 7) is 3.52. The number of pyridine rings is 1. The van der Waals surface area contributed by atoms with E-state index in [4.69, 9.17) is 4.74 Å². The van der Waals surface area contributed by atoms with Crippen LogP contribution in [0, 0.1) is 18.6 Å². The molecule has 3 aromatic rings. The van der Waals surface area contributed by atoms with Crippen molar-refractivity contribution in [2.45, 2.75) is 19.9 Å². The number of carbonyl (C=O) groups excluding carboxylic acids is 1. The first-order chi connectivity index (χ1) is 12.4. The Kier molecular flexibility index (Phi) is 4.84. The molecule has 26 heavy (non-hydrogen) atoms. The normalized spacial score (nSPS) is 12.0. The second-order valence-electron chi connectivity index (χ2n) is 6.08. The van der Waals surface area contributed by atoms with Crippen LogP contribution in [0.4, 0.5) is 8.78 Å². The molecule has 0 aliphatic heterocycles. The Hall–Kier alpha value is -3.02. The average molecular weight is 356 g/mol. The summed E-state index contributed by atoms with van der Waals surface area (Å²) in [7, 11) is 1.46. The quantitative estimate of drug-likeness (QED) is 0.757. The van der Waals surface area contributed by atoms with Gasteiger partial charge < -0.3 is 10.1 Å². The number of aryl methyl sites for hydroxylation is 1. The van der Waals surface area contributed by atoms with Gasteiger partial charge in [0.1, 0.15) is 23.1 Å². The highest BCUT2D eigenvalue weighted by molar-refractivity contribution is 5.98. The van der Waals surface area contributed by atoms with Crippen LogP contribution in [0.5, 0.6) is 5.75 Å². The second-order valence-corrected chi connectivity index (χ2v) is 6.08. The van der Waals surface area contributed by atoms with Gasteiger partial charge in [-0.25, -0.2) is 13.8 Å². The maximum Gasteiger partial charge on any atom is 0.270 e. The topological polar surface area (TPSA) is 51.2 Å². The highest BCUT2D eigenvalue weighted by Gasteiger charge is 2.17. The van der Waals surface area contributed by atoms with Gasteiger partial charge in [-0.3, -0.25) is 4.79 Å². The minimum Gasteiger partial charge on any atom is -0.496 e. The van der Waals surface area contributed by atoms with E-state index in [1.807, 2.05) is 0 Å². The Morgan fingerprint density at radius 2 is 1.81 bits per heavy atom. The lowest BCUT2D eigenvalue weighted by Crippen LogP contribution is -2.27. The van der Waals surface area contributed by atoms with Crippen LogP contribution in [0.15, 0.2) is 42.5 Å². The molecule has 4 nitrogen and oxygen atoms in total. The highest BCUT2D eigenvalue weighted by Crippen LogP contribution is 2.28. The summed E-state index contributed by atoms with van der Waals surface area (Å²) >= 11 is 0. The van der Waals surface area contributed by atoms with Crippen molar-refractivity contribution in [1.82, 2.24) is 10.3 Å². The van der Waals surface area contributed by atoms with Crippen LogP contribution in [0.3, 0.4) is 0 Å². The fourth-order valence-corrected chi connectivity index (χ4v) is 2.82. The van der Waals surface area contributed by atoms with E-state index in [1.54, 1.807) is 26.0 Å². The monoisotopic (exact) mass is 356 g/mol. The van der Waals surface area contributed by atoms with Gasteiger partial charge in [0.05, 0.1) is 18.7 Å². The van der Waals surface area contributed by atoms with Crippen molar-refractivity contribution in [2.75, 3.05) is 7.11 Å². The Labute approximate surface area is 149 Å². The van der Waals surface area contributed by atoms with Crippen molar-refractivity contribution in [3.63, 3.8) is 0 Å². The number of fused-ring (bicyclic) bond motifs is 1. The van der Waals surface area contributed by atoms with Crippen LogP contribution < -0.4 is 10.1 Å². The van der Waals surface area contributed by atoms with Crippen LogP contribution in [0.1, 0.15) is 34.6 Å². The van der Waals surface area contributed by atoms with E-state index in [0.717, 1.165) is 5.56 Å². The van der Waals surface area contributed by atoms with Gasteiger partial charge in [0.25, 0.3) is 5.91 Å². The number of amides is 1. The van der Waals surface area contributed by atoms with Crippen LogP contribution in [0.25, 0.3) is 10.9 Å². The number of carbonyl (C=O) groups is 1. The smallest absolute Gasteiger partial charge is 0.270 e. The molecular formula is C20H18F2N2O2. The number of benzene rings is 2. The molecule has 0 spiro atoms. The van der Waals surface area contributed by atoms with Crippen LogP contribution in [-0.4, -0.2) is 18.0 Å². The Bertz CT molecular complexity index is 972. The minimum atomic E-state index is -0.397. The predicted octanol–water partition coefficient (Wildman–Crippen LogP) is 4.32. The lowest BCUT2D eigenvalue weighted by atomic mass is 10.1. The van der Waals surface area contributed by atoms with Crippen LogP contribution >= 0.6 is 0 Å². The first-order valence-corrected chi connectivity index (χ1v) is 8.10. The summed E-state index contributed by atoms with van der Waals surface area (Å²) in [5, 5.41) is 3.33. The van der Waals surface area contributed by atoms with E-state index in [0.29, 0.717) is 22.2 Å². The van der Waals surface area contributed by atoms with Crippen molar-refractivity contribution < 1.29 is 18.3 Å². The van der Waals surface area contributed by atoms with Crippen molar-refractivity contribution in [3.8, 4) is 5.75 Å². The number of hydrogen-bond donors (Lipinski definition) is 1. The van der Waals surface area contributed by atoms with Gasteiger partial charge >= 0.3 is 0 Å². The number of hydrogen-bond acceptors (Lipinski definition) is 3. The number of nitrogens with zero attached hydrogens (tertiary/aromatic N) is 1. The fraction of sp³-hybridized carbons (Fsp3) is 0.200. The molecule has 1 N–H and O–H groups in total. The van der Waals surface area contributed by atoms with Crippen molar-refractivity contribution in [3.05, 3.63) is 70.9 Å². The third-order valence-corrected chi connectivity index (χ3v) is 4.20. The molecule has 0 unspecified atom stereocenters. The van der Waals surface area contributed by atoms with Crippen molar-refractivity contribution in [2.24, 2.45) is 0 Å². The molecule has 0 bridgehead atoms. The average Bonchev–Trinajstić information content (AvgIpc) is 2.61. The van der Waals surface area contributed by atoms with Crippen LogP contribution in [0.2, 0.25) is 0 Å². The van der Waals surface area contributed by atoms with Crippen LogP contribution in [-0.2, 0) is 0 Å². The molecule has 0 radical (unpaired) electrons. The SMILES string of the molecule is COc1cc(C(=O)N[C@@H](C)c2ccc(F)cc2)nc2c(C)cc(F)cc12. The van der Waals surface area contributed by atoms with Gasteiger partial charge in [-0.15, -0.1) is 0 Å². The summed E-state index contributed by atoms with van der Waals surface area (Å²) in [4.78, 5) is 17.0. The molecule has 1 heterocycles. The Morgan fingerprint density at radius 3 is 2.46 bits per heavy atom. The van der Waals surface area contributed by atoms with E-state index in [9.17, 15) is 13.6 Å². The maximum absolute atomic E-state index is 13.7. The summed E-state index contributed by atoms with van der Waals surface area (Å²) in [6, 6.07) is 9.74. The molecule has 134 valence electrons. The first-order valence-electron chi connectivity index (χ1n) is 8.10. The number of methoxy groups -OCH3 is 1. The van der Waals surface area contributed by atoms with E-state index >= 15 is 0 Å². The van der Waals surface area contributed by atoms with Gasteiger partial charge in [0.15, 0.2) is 0 Å². The van der Waals surface area contributed by atoms with Gasteiger partial charge in [0, 0.05) is 11.5 Å². The third kappa shape index (κ3) is 3.49. The zero-order valence-corrected chi connectivity index (χ0v) is 14.6. The maximum atomic E-state index is 13.7. The molecule has 0 saturated carbocycles. The highest BCUT2D eigenvalue weighted by atomic mass is 19.1. The van der Waals surface area contributed by atoms with E-state index in [-0.39, 0.29) is 17.6 Å². The number of halogens is 2. The molecule has 0 aliphatic carbocycles. The van der Waals surface area contributed by atoms with Gasteiger partial charge in [0.2, 0.25) is 0 Å². The lowest BCUT2D eigenvalue weighted by molar-refractivity contribution is 0.0935. The molecule has 1 aromatic heterocycles. The molecule has 1 amide bonds. The molecule has 0 aliphatic rings. The van der Waals surface area contributed by atoms with Crippen molar-refractivity contribution in [1.29, 1.82) is 0 Å². The largest absolute Gasteiger partial charge is 0.496 e. The second kappa shape index (κ2) is 7.07. The summed E-state index contributed by atoms with van der Waals surface area (Å²) in [5.41, 5.74) is 2.05. The van der Waals surface area contributed by atoms with Gasteiger partial charge in [-0.2, -0.15) is 0 Å². The Morgan fingerprint density at radius 1 is 1.12 bits per heavy atom. The van der Waals surface area contributed by atoms with E-state index in [1.165, 1.54) is 37.4 Å². The first kappa shape index (κ1) is 17.8. The molecule has 0 fully saturated rings. The van der Waals surface area contributed by atoms with Crippen molar-refractivity contribution >= 4 is 16.8 Å². The molecule has 6 heteroatoms. The zero-order chi connectivity index (χ0) is 18.8. The zero-order valence-electron chi connectivity index (χ0n) is 14.6. The van der Waals surface area contributed by atoms with Gasteiger partial charge in [-0.1, -0.05) is 12.1 Å². The summed E-state index contributed by atoms with van der Waals surface area (Å²) in [5.74, 6) is -0.754. The Balaban J connectivity index is 1.94. The molecule has 3 rings (SSSR count). The van der Waals surface area contributed by atoms with E-state index < -0.39 is 11.7 Å². The number of aromatic nitrogens is 1. The fourth-order valence-electron chi connectivity index (χ4n) is 2.82. The summed E-state index contributed by atoms with van der Waals surface area (Å²) in [6.07, 6.45) is 0. The number of rotatable bonds is 4. The predicted molar refractivity (Wildman–Crippen MR) is 95.3 cm³/mol. The molecule has 1 atom stereocenters. The number of nitrogens with one attached hydrogen (secondary N) is 1. The number of ether oxygens (including phenoxy) is 1. The molecule has 0 saturated heterocycles. The molecule has 2 aromatic carbocycles. The minimum absolute atomic E-state index is 0.165. The van der Waals surface area contributed by atoms with E-state index in [2.05, 4.69) is 10.3 Å². The molecular weight excluding hydrogens is 338 g/mol. The lowest BCUT2D eigenvalue weighted by Gasteiger charge is -2.15. The van der Waals surface area contributed by atoms with Gasteiger partial charge in [-0.05, 0) is 49.2 Å².